The monoisotopic (exact) mass is 472 g/mol. The van der Waals surface area contributed by atoms with Crippen LogP contribution in [-0.4, -0.2) is 42.9 Å². The molecule has 0 N–H and O–H groups in total. The Labute approximate surface area is 168 Å². The maximum atomic E-state index is 11.6. The van der Waals surface area contributed by atoms with Gasteiger partial charge < -0.3 is 23.7 Å². The second kappa shape index (κ2) is 8.93. The molecule has 2 aliphatic rings. The zero-order valence-electron chi connectivity index (χ0n) is 14.9. The quantitative estimate of drug-likeness (QED) is 0.263. The predicted molar refractivity (Wildman–Crippen MR) is 106 cm³/mol. The highest BCUT2D eigenvalue weighted by molar-refractivity contribution is 14.1. The number of ether oxygens (including phenoxy) is 4. The first-order chi connectivity index (χ1) is 12.7. The SMILES string of the molecule is C=CC1(CC=O)C(CCI)C(OC)OC2COC(c3ccccc3)OC21. The number of benzene rings is 1. The van der Waals surface area contributed by atoms with E-state index in [1.807, 2.05) is 36.4 Å². The average Bonchev–Trinajstić information content (AvgIpc) is 2.70. The Morgan fingerprint density at radius 1 is 1.35 bits per heavy atom. The molecule has 2 heterocycles. The highest BCUT2D eigenvalue weighted by Gasteiger charge is 2.57. The fourth-order valence-electron chi connectivity index (χ4n) is 4.13. The van der Waals surface area contributed by atoms with Crippen molar-refractivity contribution < 1.29 is 23.7 Å². The van der Waals surface area contributed by atoms with Crippen molar-refractivity contribution in [2.45, 2.75) is 37.6 Å². The van der Waals surface area contributed by atoms with Crippen LogP contribution in [0.5, 0.6) is 0 Å². The molecule has 2 saturated heterocycles. The van der Waals surface area contributed by atoms with Crippen LogP contribution >= 0.6 is 22.6 Å². The van der Waals surface area contributed by atoms with Gasteiger partial charge in [-0.15, -0.1) is 6.58 Å². The molecule has 142 valence electrons. The lowest BCUT2D eigenvalue weighted by molar-refractivity contribution is -0.356. The summed E-state index contributed by atoms with van der Waals surface area (Å²) in [6, 6.07) is 9.82. The molecule has 2 aliphatic heterocycles. The van der Waals surface area contributed by atoms with E-state index in [9.17, 15) is 4.79 Å². The van der Waals surface area contributed by atoms with Gasteiger partial charge in [0.05, 0.1) is 12.7 Å². The van der Waals surface area contributed by atoms with Gasteiger partial charge in [0.1, 0.15) is 12.4 Å². The van der Waals surface area contributed by atoms with Gasteiger partial charge in [-0.1, -0.05) is 59.0 Å². The summed E-state index contributed by atoms with van der Waals surface area (Å²) < 4.78 is 25.0. The first-order valence-electron chi connectivity index (χ1n) is 8.83. The summed E-state index contributed by atoms with van der Waals surface area (Å²) in [4.78, 5) is 11.6. The minimum absolute atomic E-state index is 0.0112. The highest BCUT2D eigenvalue weighted by atomic mass is 127. The summed E-state index contributed by atoms with van der Waals surface area (Å²) in [7, 11) is 1.64. The second-order valence-corrected chi connectivity index (χ2v) is 7.76. The molecule has 6 atom stereocenters. The van der Waals surface area contributed by atoms with Crippen LogP contribution in [0.2, 0.25) is 0 Å². The first-order valence-corrected chi connectivity index (χ1v) is 10.4. The molecule has 6 heteroatoms. The van der Waals surface area contributed by atoms with E-state index >= 15 is 0 Å². The number of fused-ring (bicyclic) bond motifs is 1. The van der Waals surface area contributed by atoms with Gasteiger partial charge >= 0.3 is 0 Å². The maximum absolute atomic E-state index is 11.6. The number of carbonyl (C=O) groups is 1. The van der Waals surface area contributed by atoms with Gasteiger partial charge in [-0.3, -0.25) is 0 Å². The summed E-state index contributed by atoms with van der Waals surface area (Å²) >= 11 is 2.34. The van der Waals surface area contributed by atoms with Crippen molar-refractivity contribution >= 4 is 28.9 Å². The van der Waals surface area contributed by atoms with Crippen LogP contribution in [0.4, 0.5) is 0 Å². The molecule has 0 bridgehead atoms. The van der Waals surface area contributed by atoms with E-state index in [1.165, 1.54) is 0 Å². The van der Waals surface area contributed by atoms with Gasteiger partial charge in [0.25, 0.3) is 0 Å². The van der Waals surface area contributed by atoms with Crippen molar-refractivity contribution in [1.29, 1.82) is 0 Å². The van der Waals surface area contributed by atoms with Crippen molar-refractivity contribution in [2.24, 2.45) is 11.3 Å². The number of rotatable bonds is 7. The van der Waals surface area contributed by atoms with Crippen molar-refractivity contribution in [3.05, 3.63) is 48.6 Å². The van der Waals surface area contributed by atoms with E-state index in [4.69, 9.17) is 18.9 Å². The zero-order valence-corrected chi connectivity index (χ0v) is 17.0. The number of hydrogen-bond donors (Lipinski definition) is 0. The standard InChI is InChI=1S/C20H25IO5/c1-3-20(10-12-22)15(9-11-21)19(23-2)25-16-13-24-18(26-17(16)20)14-7-5-4-6-8-14/h3-8,12,15-19H,1,9-11,13H2,2H3. The smallest absolute Gasteiger partial charge is 0.184 e. The molecule has 6 unspecified atom stereocenters. The molecule has 1 aromatic rings. The van der Waals surface area contributed by atoms with Crippen LogP contribution in [0, 0.1) is 11.3 Å². The van der Waals surface area contributed by atoms with Crippen molar-refractivity contribution in [1.82, 2.24) is 0 Å². The molecule has 5 nitrogen and oxygen atoms in total. The van der Waals surface area contributed by atoms with Crippen LogP contribution in [-0.2, 0) is 23.7 Å². The third kappa shape index (κ3) is 3.62. The van der Waals surface area contributed by atoms with E-state index in [-0.39, 0.29) is 18.1 Å². The molecule has 0 aromatic heterocycles. The van der Waals surface area contributed by atoms with Gasteiger partial charge in [-0.25, -0.2) is 0 Å². The van der Waals surface area contributed by atoms with Crippen LogP contribution in [0.1, 0.15) is 24.7 Å². The molecule has 2 fully saturated rings. The van der Waals surface area contributed by atoms with Crippen molar-refractivity contribution in [3.8, 4) is 0 Å². The number of aldehydes is 1. The van der Waals surface area contributed by atoms with Gasteiger partial charge in [-0.2, -0.15) is 0 Å². The Balaban J connectivity index is 1.95. The summed E-state index contributed by atoms with van der Waals surface area (Å²) in [5.41, 5.74) is 0.405. The Bertz CT molecular complexity index is 609. The van der Waals surface area contributed by atoms with E-state index in [0.717, 1.165) is 22.7 Å². The first kappa shape index (κ1) is 19.9. The van der Waals surface area contributed by atoms with Gasteiger partial charge in [0.2, 0.25) is 0 Å². The number of carbonyl (C=O) groups excluding carboxylic acids is 1. The Morgan fingerprint density at radius 2 is 2.12 bits per heavy atom. The summed E-state index contributed by atoms with van der Waals surface area (Å²) in [6.45, 7) is 4.46. The highest BCUT2D eigenvalue weighted by Crippen LogP contribution is 2.51. The molecule has 0 aliphatic carbocycles. The van der Waals surface area contributed by atoms with E-state index in [1.54, 1.807) is 7.11 Å². The molecular formula is C20H25IO5. The molecule has 0 spiro atoms. The van der Waals surface area contributed by atoms with Crippen LogP contribution in [0.3, 0.4) is 0 Å². The van der Waals surface area contributed by atoms with Gasteiger partial charge in [0.15, 0.2) is 12.6 Å². The van der Waals surface area contributed by atoms with Crippen LogP contribution < -0.4 is 0 Å². The van der Waals surface area contributed by atoms with Gasteiger partial charge in [0, 0.05) is 34.9 Å². The topological polar surface area (TPSA) is 54.0 Å². The lowest BCUT2D eigenvalue weighted by Gasteiger charge is -2.55. The third-order valence-corrected chi connectivity index (χ3v) is 6.04. The minimum Gasteiger partial charge on any atom is -0.356 e. The lowest BCUT2D eigenvalue weighted by atomic mass is 9.64. The fraction of sp³-hybridized carbons (Fsp3) is 0.550. The second-order valence-electron chi connectivity index (χ2n) is 6.68. The van der Waals surface area contributed by atoms with Gasteiger partial charge in [-0.05, 0) is 6.42 Å². The van der Waals surface area contributed by atoms with E-state index in [2.05, 4.69) is 29.2 Å². The number of halogens is 1. The zero-order chi connectivity index (χ0) is 18.6. The molecule has 26 heavy (non-hydrogen) atoms. The third-order valence-electron chi connectivity index (χ3n) is 5.42. The summed E-state index contributed by atoms with van der Waals surface area (Å²) in [6.07, 6.45) is 2.49. The Hall–Kier alpha value is -0.800. The molecule has 3 rings (SSSR count). The Kier molecular flexibility index (Phi) is 6.85. The average molecular weight is 472 g/mol. The fourth-order valence-corrected chi connectivity index (χ4v) is 4.81. The number of alkyl halides is 1. The molecule has 0 amide bonds. The maximum Gasteiger partial charge on any atom is 0.184 e. The van der Waals surface area contributed by atoms with Crippen LogP contribution in [0.25, 0.3) is 0 Å². The van der Waals surface area contributed by atoms with Crippen molar-refractivity contribution in [3.63, 3.8) is 0 Å². The van der Waals surface area contributed by atoms with Crippen LogP contribution in [0.15, 0.2) is 43.0 Å². The number of hydrogen-bond acceptors (Lipinski definition) is 5. The van der Waals surface area contributed by atoms with E-state index < -0.39 is 18.0 Å². The normalized spacial score (nSPS) is 36.9. The summed E-state index contributed by atoms with van der Waals surface area (Å²) in [5, 5.41) is 0. The predicted octanol–water partition coefficient (Wildman–Crippen LogP) is 3.67. The minimum atomic E-state index is -0.548. The molecule has 0 radical (unpaired) electrons. The van der Waals surface area contributed by atoms with E-state index in [0.29, 0.717) is 13.0 Å². The largest absolute Gasteiger partial charge is 0.356 e. The number of methoxy groups -OCH3 is 1. The Morgan fingerprint density at radius 3 is 2.73 bits per heavy atom. The van der Waals surface area contributed by atoms with Crippen molar-refractivity contribution in [2.75, 3.05) is 18.1 Å². The molecule has 0 saturated carbocycles. The molecule has 1 aromatic carbocycles. The summed E-state index contributed by atoms with van der Waals surface area (Å²) in [5.74, 6) is -0.0112. The lowest BCUT2D eigenvalue weighted by Crippen LogP contribution is -2.62. The molecular weight excluding hydrogens is 447 g/mol.